The third kappa shape index (κ3) is 4.61. The zero-order valence-electron chi connectivity index (χ0n) is 16.2. The van der Waals surface area contributed by atoms with Crippen LogP contribution in [0.15, 0.2) is 48.5 Å². The molecule has 0 saturated carbocycles. The SMILES string of the molecule is COc1ccccc1C(C)N(C)C(=O)c1ccc(OCC2CCCO2)cc1. The van der Waals surface area contributed by atoms with Gasteiger partial charge in [-0.05, 0) is 50.1 Å². The highest BCUT2D eigenvalue weighted by molar-refractivity contribution is 5.94. The number of rotatable bonds is 7. The molecule has 3 rings (SSSR count). The predicted octanol–water partition coefficient (Wildman–Crippen LogP) is 4.09. The Morgan fingerprint density at radius 1 is 1.22 bits per heavy atom. The van der Waals surface area contributed by atoms with Crippen molar-refractivity contribution in [1.29, 1.82) is 0 Å². The van der Waals surface area contributed by atoms with Gasteiger partial charge >= 0.3 is 0 Å². The van der Waals surface area contributed by atoms with Crippen LogP contribution in [0.5, 0.6) is 11.5 Å². The van der Waals surface area contributed by atoms with Gasteiger partial charge in [-0.15, -0.1) is 0 Å². The average molecular weight is 369 g/mol. The largest absolute Gasteiger partial charge is 0.496 e. The van der Waals surface area contributed by atoms with E-state index >= 15 is 0 Å². The number of hydrogen-bond donors (Lipinski definition) is 0. The molecule has 2 aromatic rings. The lowest BCUT2D eigenvalue weighted by atomic mass is 10.0. The molecule has 1 heterocycles. The molecule has 2 aromatic carbocycles. The van der Waals surface area contributed by atoms with E-state index in [4.69, 9.17) is 14.2 Å². The zero-order valence-corrected chi connectivity index (χ0v) is 16.2. The van der Waals surface area contributed by atoms with E-state index in [1.54, 1.807) is 31.2 Å². The Balaban J connectivity index is 1.63. The molecule has 0 aliphatic carbocycles. The van der Waals surface area contributed by atoms with Crippen molar-refractivity contribution in [2.45, 2.75) is 31.9 Å². The first-order valence-corrected chi connectivity index (χ1v) is 9.34. The lowest BCUT2D eigenvalue weighted by Crippen LogP contribution is -2.29. The fourth-order valence-corrected chi connectivity index (χ4v) is 3.26. The molecule has 1 saturated heterocycles. The fourth-order valence-electron chi connectivity index (χ4n) is 3.26. The molecule has 0 aromatic heterocycles. The second kappa shape index (κ2) is 8.91. The maximum absolute atomic E-state index is 12.9. The molecule has 1 fully saturated rings. The van der Waals surface area contributed by atoms with E-state index in [2.05, 4.69) is 0 Å². The number of methoxy groups -OCH3 is 1. The molecule has 1 aliphatic heterocycles. The Labute approximate surface area is 160 Å². The highest BCUT2D eigenvalue weighted by atomic mass is 16.5. The molecule has 5 heteroatoms. The molecule has 1 amide bonds. The average Bonchev–Trinajstić information content (AvgIpc) is 3.24. The molecule has 0 radical (unpaired) electrons. The van der Waals surface area contributed by atoms with Crippen LogP contribution in [0, 0.1) is 0 Å². The predicted molar refractivity (Wildman–Crippen MR) is 104 cm³/mol. The van der Waals surface area contributed by atoms with Crippen LogP contribution in [0.4, 0.5) is 0 Å². The van der Waals surface area contributed by atoms with Gasteiger partial charge in [0.05, 0.1) is 19.3 Å². The van der Waals surface area contributed by atoms with Crippen LogP contribution in [-0.2, 0) is 4.74 Å². The number of nitrogens with zero attached hydrogens (tertiary/aromatic N) is 1. The number of para-hydroxylation sites is 1. The van der Waals surface area contributed by atoms with Gasteiger partial charge in [-0.1, -0.05) is 18.2 Å². The number of hydrogen-bond acceptors (Lipinski definition) is 4. The van der Waals surface area contributed by atoms with E-state index in [0.717, 1.165) is 36.5 Å². The first kappa shape index (κ1) is 19.2. The highest BCUT2D eigenvalue weighted by Crippen LogP contribution is 2.29. The van der Waals surface area contributed by atoms with Crippen molar-refractivity contribution in [1.82, 2.24) is 4.90 Å². The second-order valence-electron chi connectivity index (χ2n) is 6.80. The van der Waals surface area contributed by atoms with Crippen molar-refractivity contribution in [3.63, 3.8) is 0 Å². The number of amides is 1. The van der Waals surface area contributed by atoms with Crippen LogP contribution in [-0.4, -0.2) is 44.3 Å². The van der Waals surface area contributed by atoms with Gasteiger partial charge in [0.15, 0.2) is 0 Å². The Bertz CT molecular complexity index is 753. The van der Waals surface area contributed by atoms with Crippen molar-refractivity contribution in [3.8, 4) is 11.5 Å². The lowest BCUT2D eigenvalue weighted by molar-refractivity contribution is 0.0678. The fraction of sp³-hybridized carbons (Fsp3) is 0.409. The van der Waals surface area contributed by atoms with Crippen molar-refractivity contribution >= 4 is 5.91 Å². The van der Waals surface area contributed by atoms with Crippen molar-refractivity contribution in [2.75, 3.05) is 27.4 Å². The van der Waals surface area contributed by atoms with Crippen molar-refractivity contribution in [2.24, 2.45) is 0 Å². The minimum absolute atomic E-state index is 0.0425. The normalized spacial score (nSPS) is 17.4. The smallest absolute Gasteiger partial charge is 0.254 e. The Kier molecular flexibility index (Phi) is 6.35. The van der Waals surface area contributed by atoms with Crippen LogP contribution in [0.25, 0.3) is 0 Å². The standard InChI is InChI=1S/C22H27NO4/c1-16(20-8-4-5-9-21(20)25-3)23(2)22(24)17-10-12-18(13-11-17)27-15-19-7-6-14-26-19/h4-5,8-13,16,19H,6-7,14-15H2,1-3H3. The van der Waals surface area contributed by atoms with Crippen LogP contribution in [0.1, 0.15) is 41.7 Å². The molecule has 0 bridgehead atoms. The minimum atomic E-state index is -0.107. The minimum Gasteiger partial charge on any atom is -0.496 e. The van der Waals surface area contributed by atoms with Gasteiger partial charge in [-0.25, -0.2) is 0 Å². The maximum Gasteiger partial charge on any atom is 0.254 e. The van der Waals surface area contributed by atoms with Gasteiger partial charge in [-0.3, -0.25) is 4.79 Å². The van der Waals surface area contributed by atoms with Gasteiger partial charge in [0, 0.05) is 24.8 Å². The summed E-state index contributed by atoms with van der Waals surface area (Å²) in [5.74, 6) is 1.49. The van der Waals surface area contributed by atoms with Gasteiger partial charge < -0.3 is 19.1 Å². The summed E-state index contributed by atoms with van der Waals surface area (Å²) in [5, 5.41) is 0. The van der Waals surface area contributed by atoms with E-state index in [0.29, 0.717) is 12.2 Å². The molecule has 5 nitrogen and oxygen atoms in total. The molecule has 1 aliphatic rings. The van der Waals surface area contributed by atoms with E-state index in [9.17, 15) is 4.79 Å². The molecule has 144 valence electrons. The van der Waals surface area contributed by atoms with Crippen LogP contribution >= 0.6 is 0 Å². The molecule has 0 spiro atoms. The third-order valence-electron chi connectivity index (χ3n) is 5.05. The number of carbonyl (C=O) groups is 1. The van der Waals surface area contributed by atoms with Crippen molar-refractivity contribution < 1.29 is 19.0 Å². The highest BCUT2D eigenvalue weighted by Gasteiger charge is 2.21. The molecule has 0 N–H and O–H groups in total. The van der Waals surface area contributed by atoms with E-state index < -0.39 is 0 Å². The quantitative estimate of drug-likeness (QED) is 0.738. The molecular weight excluding hydrogens is 342 g/mol. The first-order chi connectivity index (χ1) is 13.1. The summed E-state index contributed by atoms with van der Waals surface area (Å²) in [6.07, 6.45) is 2.32. The van der Waals surface area contributed by atoms with Crippen LogP contribution < -0.4 is 9.47 Å². The molecule has 2 atom stereocenters. The summed E-state index contributed by atoms with van der Waals surface area (Å²) >= 11 is 0. The first-order valence-electron chi connectivity index (χ1n) is 9.34. The zero-order chi connectivity index (χ0) is 19.2. The van der Waals surface area contributed by atoms with Crippen LogP contribution in [0.3, 0.4) is 0 Å². The lowest BCUT2D eigenvalue weighted by Gasteiger charge is -2.26. The summed E-state index contributed by atoms with van der Waals surface area (Å²) in [6, 6.07) is 14.9. The topological polar surface area (TPSA) is 48.0 Å². The second-order valence-corrected chi connectivity index (χ2v) is 6.80. The van der Waals surface area contributed by atoms with Crippen LogP contribution in [0.2, 0.25) is 0 Å². The third-order valence-corrected chi connectivity index (χ3v) is 5.05. The van der Waals surface area contributed by atoms with Gasteiger partial charge in [-0.2, -0.15) is 0 Å². The monoisotopic (exact) mass is 369 g/mol. The Morgan fingerprint density at radius 2 is 1.96 bits per heavy atom. The summed E-state index contributed by atoms with van der Waals surface area (Å²) in [6.45, 7) is 3.37. The summed E-state index contributed by atoms with van der Waals surface area (Å²) in [4.78, 5) is 14.6. The number of carbonyl (C=O) groups excluding carboxylic acids is 1. The number of ether oxygens (including phenoxy) is 3. The summed E-state index contributed by atoms with van der Waals surface area (Å²) in [7, 11) is 3.45. The summed E-state index contributed by atoms with van der Waals surface area (Å²) in [5.41, 5.74) is 1.61. The summed E-state index contributed by atoms with van der Waals surface area (Å²) < 4.78 is 16.7. The van der Waals surface area contributed by atoms with Crippen molar-refractivity contribution in [3.05, 3.63) is 59.7 Å². The Morgan fingerprint density at radius 3 is 2.63 bits per heavy atom. The maximum atomic E-state index is 12.9. The van der Waals surface area contributed by atoms with E-state index in [1.807, 2.05) is 43.3 Å². The van der Waals surface area contributed by atoms with E-state index in [-0.39, 0.29) is 18.1 Å². The van der Waals surface area contributed by atoms with Gasteiger partial charge in [0.2, 0.25) is 0 Å². The van der Waals surface area contributed by atoms with Gasteiger partial charge in [0.1, 0.15) is 18.1 Å². The van der Waals surface area contributed by atoms with Gasteiger partial charge in [0.25, 0.3) is 5.91 Å². The van der Waals surface area contributed by atoms with E-state index in [1.165, 1.54) is 0 Å². The molecule has 2 unspecified atom stereocenters. The molecule has 27 heavy (non-hydrogen) atoms. The molecular formula is C22H27NO4. The number of benzene rings is 2. The Hall–Kier alpha value is -2.53.